The molecule has 1 amide bonds. The van der Waals surface area contributed by atoms with Crippen molar-refractivity contribution in [1.82, 2.24) is 0 Å². The second kappa shape index (κ2) is 6.28. The van der Waals surface area contributed by atoms with Gasteiger partial charge in [0.15, 0.2) is 0 Å². The zero-order valence-corrected chi connectivity index (χ0v) is 12.7. The second-order valence-electron chi connectivity index (χ2n) is 5.11. The summed E-state index contributed by atoms with van der Waals surface area (Å²) in [6, 6.07) is 11.7. The molecular formula is C16H18N2O2S. The molecule has 110 valence electrons. The Balaban J connectivity index is 1.65. The third-order valence-electron chi connectivity index (χ3n) is 3.48. The maximum absolute atomic E-state index is 12.0. The Hall–Kier alpha value is -1.85. The van der Waals surface area contributed by atoms with Crippen LogP contribution in [0.15, 0.2) is 41.8 Å². The summed E-state index contributed by atoms with van der Waals surface area (Å²) in [5.74, 6) is -0.0576. The van der Waals surface area contributed by atoms with Crippen molar-refractivity contribution in [3.8, 4) is 0 Å². The lowest BCUT2D eigenvalue weighted by molar-refractivity contribution is 0.0532. The van der Waals surface area contributed by atoms with Crippen molar-refractivity contribution >= 4 is 28.6 Å². The average Bonchev–Trinajstić information content (AvgIpc) is 3.02. The molecule has 2 aromatic rings. The molecule has 0 radical (unpaired) electrons. The highest BCUT2D eigenvalue weighted by atomic mass is 32.1. The van der Waals surface area contributed by atoms with Crippen LogP contribution in [0.5, 0.6) is 0 Å². The van der Waals surface area contributed by atoms with Crippen LogP contribution in [-0.2, 0) is 4.74 Å². The number of morpholine rings is 1. The van der Waals surface area contributed by atoms with Crippen molar-refractivity contribution in [2.24, 2.45) is 0 Å². The first-order chi connectivity index (χ1) is 10.2. The quantitative estimate of drug-likeness (QED) is 0.946. The number of hydrogen-bond donors (Lipinski definition) is 1. The molecule has 1 fully saturated rings. The molecule has 0 spiro atoms. The SMILES string of the molecule is CC1CN(c2ccc(NC(=O)c3cccs3)cc2)CCO1. The fourth-order valence-electron chi connectivity index (χ4n) is 2.41. The monoisotopic (exact) mass is 302 g/mol. The van der Waals surface area contributed by atoms with Gasteiger partial charge in [0.2, 0.25) is 0 Å². The molecule has 2 heterocycles. The first-order valence-electron chi connectivity index (χ1n) is 7.04. The minimum atomic E-state index is -0.0576. The number of amides is 1. The van der Waals surface area contributed by atoms with Crippen LogP contribution >= 0.6 is 11.3 Å². The number of thiophene rings is 1. The Labute approximate surface area is 128 Å². The van der Waals surface area contributed by atoms with E-state index in [1.165, 1.54) is 17.0 Å². The molecule has 5 heteroatoms. The van der Waals surface area contributed by atoms with Crippen molar-refractivity contribution < 1.29 is 9.53 Å². The molecule has 0 bridgehead atoms. The van der Waals surface area contributed by atoms with E-state index in [0.29, 0.717) is 0 Å². The van der Waals surface area contributed by atoms with Crippen LogP contribution in [0.3, 0.4) is 0 Å². The van der Waals surface area contributed by atoms with E-state index in [2.05, 4.69) is 17.1 Å². The minimum absolute atomic E-state index is 0.0576. The van der Waals surface area contributed by atoms with Gasteiger partial charge in [0.25, 0.3) is 5.91 Å². The summed E-state index contributed by atoms with van der Waals surface area (Å²) in [6.45, 7) is 4.66. The van der Waals surface area contributed by atoms with Crippen molar-refractivity contribution in [2.45, 2.75) is 13.0 Å². The number of ether oxygens (including phenoxy) is 1. The Morgan fingerprint density at radius 1 is 1.33 bits per heavy atom. The Bertz CT molecular complexity index is 595. The predicted molar refractivity (Wildman–Crippen MR) is 86.3 cm³/mol. The first-order valence-corrected chi connectivity index (χ1v) is 7.92. The average molecular weight is 302 g/mol. The molecule has 0 aliphatic carbocycles. The Morgan fingerprint density at radius 3 is 2.81 bits per heavy atom. The van der Waals surface area contributed by atoms with Crippen molar-refractivity contribution in [2.75, 3.05) is 29.9 Å². The van der Waals surface area contributed by atoms with Gasteiger partial charge in [-0.05, 0) is 42.6 Å². The Morgan fingerprint density at radius 2 is 2.14 bits per heavy atom. The van der Waals surface area contributed by atoms with E-state index in [-0.39, 0.29) is 12.0 Å². The first kappa shape index (κ1) is 14.1. The molecular weight excluding hydrogens is 284 g/mol. The normalized spacial score (nSPS) is 18.5. The van der Waals surface area contributed by atoms with Gasteiger partial charge in [-0.2, -0.15) is 0 Å². The number of nitrogens with zero attached hydrogens (tertiary/aromatic N) is 1. The second-order valence-corrected chi connectivity index (χ2v) is 6.05. The number of rotatable bonds is 3. The summed E-state index contributed by atoms with van der Waals surface area (Å²) in [7, 11) is 0. The fourth-order valence-corrected chi connectivity index (χ4v) is 3.03. The molecule has 1 aliphatic rings. The van der Waals surface area contributed by atoms with Crippen molar-refractivity contribution in [3.63, 3.8) is 0 Å². The van der Waals surface area contributed by atoms with Gasteiger partial charge in [0.1, 0.15) is 0 Å². The summed E-state index contributed by atoms with van der Waals surface area (Å²) in [4.78, 5) is 15.0. The molecule has 21 heavy (non-hydrogen) atoms. The van der Waals surface area contributed by atoms with E-state index in [4.69, 9.17) is 4.74 Å². The van der Waals surface area contributed by atoms with Gasteiger partial charge in [-0.1, -0.05) is 6.07 Å². The van der Waals surface area contributed by atoms with Gasteiger partial charge in [0.05, 0.1) is 17.6 Å². The molecule has 1 saturated heterocycles. The van der Waals surface area contributed by atoms with Gasteiger partial charge in [-0.3, -0.25) is 4.79 Å². The van der Waals surface area contributed by atoms with Crippen LogP contribution in [-0.4, -0.2) is 31.7 Å². The summed E-state index contributed by atoms with van der Waals surface area (Å²) >= 11 is 1.44. The number of benzene rings is 1. The van der Waals surface area contributed by atoms with E-state index in [9.17, 15) is 4.79 Å². The molecule has 3 rings (SSSR count). The van der Waals surface area contributed by atoms with Gasteiger partial charge in [0, 0.05) is 24.5 Å². The summed E-state index contributed by atoms with van der Waals surface area (Å²) in [5.41, 5.74) is 1.98. The third-order valence-corrected chi connectivity index (χ3v) is 4.34. The van der Waals surface area contributed by atoms with Gasteiger partial charge >= 0.3 is 0 Å². The number of carbonyl (C=O) groups excluding carboxylic acids is 1. The van der Waals surface area contributed by atoms with Crippen LogP contribution in [0.4, 0.5) is 11.4 Å². The number of hydrogen-bond acceptors (Lipinski definition) is 4. The van der Waals surface area contributed by atoms with E-state index >= 15 is 0 Å². The number of nitrogens with one attached hydrogen (secondary N) is 1. The molecule has 4 nitrogen and oxygen atoms in total. The third kappa shape index (κ3) is 3.43. The molecule has 1 aromatic heterocycles. The zero-order valence-electron chi connectivity index (χ0n) is 11.9. The minimum Gasteiger partial charge on any atom is -0.375 e. The number of carbonyl (C=O) groups is 1. The summed E-state index contributed by atoms with van der Waals surface area (Å²) in [6.07, 6.45) is 0.261. The van der Waals surface area contributed by atoms with E-state index in [0.717, 1.165) is 30.3 Å². The van der Waals surface area contributed by atoms with Crippen molar-refractivity contribution in [3.05, 3.63) is 46.7 Å². The highest BCUT2D eigenvalue weighted by Crippen LogP contribution is 2.21. The Kier molecular flexibility index (Phi) is 4.22. The van der Waals surface area contributed by atoms with Crippen LogP contribution in [0.1, 0.15) is 16.6 Å². The number of anilines is 2. The van der Waals surface area contributed by atoms with Crippen LogP contribution < -0.4 is 10.2 Å². The molecule has 1 aromatic carbocycles. The molecule has 1 unspecified atom stereocenters. The lowest BCUT2D eigenvalue weighted by atomic mass is 10.2. The van der Waals surface area contributed by atoms with Gasteiger partial charge in [-0.25, -0.2) is 0 Å². The summed E-state index contributed by atoms with van der Waals surface area (Å²) < 4.78 is 5.55. The highest BCUT2D eigenvalue weighted by Gasteiger charge is 2.16. The van der Waals surface area contributed by atoms with Crippen LogP contribution in [0.25, 0.3) is 0 Å². The highest BCUT2D eigenvalue weighted by molar-refractivity contribution is 7.12. The van der Waals surface area contributed by atoms with Crippen LogP contribution in [0.2, 0.25) is 0 Å². The van der Waals surface area contributed by atoms with Gasteiger partial charge in [-0.15, -0.1) is 11.3 Å². The maximum Gasteiger partial charge on any atom is 0.265 e. The van der Waals surface area contributed by atoms with Crippen LogP contribution in [0, 0.1) is 0 Å². The molecule has 0 saturated carbocycles. The lowest BCUT2D eigenvalue weighted by Gasteiger charge is -2.33. The van der Waals surface area contributed by atoms with E-state index in [1.807, 2.05) is 41.8 Å². The zero-order chi connectivity index (χ0) is 14.7. The fraction of sp³-hybridized carbons (Fsp3) is 0.312. The maximum atomic E-state index is 12.0. The molecule has 1 aliphatic heterocycles. The van der Waals surface area contributed by atoms with Crippen molar-refractivity contribution in [1.29, 1.82) is 0 Å². The van der Waals surface area contributed by atoms with E-state index < -0.39 is 0 Å². The molecule has 1 atom stereocenters. The smallest absolute Gasteiger partial charge is 0.265 e. The topological polar surface area (TPSA) is 41.6 Å². The standard InChI is InChI=1S/C16H18N2O2S/c1-12-11-18(8-9-20-12)14-6-4-13(5-7-14)17-16(19)15-3-2-10-21-15/h2-7,10,12H,8-9,11H2,1H3,(H,17,19). The largest absolute Gasteiger partial charge is 0.375 e. The predicted octanol–water partition coefficient (Wildman–Crippen LogP) is 3.23. The lowest BCUT2D eigenvalue weighted by Crippen LogP contribution is -2.41. The van der Waals surface area contributed by atoms with Gasteiger partial charge < -0.3 is 15.0 Å². The van der Waals surface area contributed by atoms with E-state index in [1.54, 1.807) is 0 Å². The molecule has 1 N–H and O–H groups in total. The summed E-state index contributed by atoms with van der Waals surface area (Å²) in [5, 5.41) is 4.81.